The number of esters is 1. The van der Waals surface area contributed by atoms with Crippen LogP contribution in [-0.2, 0) is 20.7 Å². The van der Waals surface area contributed by atoms with Crippen LogP contribution in [0.15, 0.2) is 42.5 Å². The highest BCUT2D eigenvalue weighted by Crippen LogP contribution is 2.38. The van der Waals surface area contributed by atoms with Gasteiger partial charge in [-0.15, -0.1) is 0 Å². The molecule has 0 amide bonds. The van der Waals surface area contributed by atoms with E-state index in [1.807, 2.05) is 45.0 Å². The van der Waals surface area contributed by atoms with Crippen LogP contribution >= 0.6 is 15.9 Å². The third-order valence-corrected chi connectivity index (χ3v) is 5.10. The minimum atomic E-state index is -0.970. The molecular weight excluding hydrogens is 356 g/mol. The zero-order valence-electron chi connectivity index (χ0n) is 13.6. The lowest BCUT2D eigenvalue weighted by atomic mass is 9.92. The van der Waals surface area contributed by atoms with E-state index in [0.717, 1.165) is 16.3 Å². The topological polar surface area (TPSA) is 35.5 Å². The molecule has 0 saturated carbocycles. The van der Waals surface area contributed by atoms with E-state index in [1.54, 1.807) is 0 Å². The number of alkyl halides is 1. The average molecular weight is 377 g/mol. The van der Waals surface area contributed by atoms with Gasteiger partial charge in [-0.05, 0) is 16.3 Å². The van der Waals surface area contributed by atoms with Gasteiger partial charge in [0.1, 0.15) is 0 Å². The molecule has 0 aromatic heterocycles. The Bertz CT molecular complexity index is 729. The van der Waals surface area contributed by atoms with Crippen LogP contribution in [0.4, 0.5) is 0 Å². The first-order valence-electron chi connectivity index (χ1n) is 7.77. The molecule has 2 aromatic carbocycles. The molecule has 3 rings (SSSR count). The smallest absolute Gasteiger partial charge is 0.342 e. The third kappa shape index (κ3) is 3.02. The summed E-state index contributed by atoms with van der Waals surface area (Å²) in [6, 6.07) is 14.3. The maximum atomic E-state index is 12.5. The summed E-state index contributed by atoms with van der Waals surface area (Å²) in [5.74, 6) is -0.290. The van der Waals surface area contributed by atoms with E-state index in [0.29, 0.717) is 11.8 Å². The fourth-order valence-corrected chi connectivity index (χ4v) is 3.40. The minimum absolute atomic E-state index is 0.252. The average Bonchev–Trinajstić information content (AvgIpc) is 2.85. The lowest BCUT2D eigenvalue weighted by Gasteiger charge is -2.27. The molecule has 1 aliphatic heterocycles. The van der Waals surface area contributed by atoms with Crippen LogP contribution in [0.1, 0.15) is 26.3 Å². The molecule has 1 saturated heterocycles. The summed E-state index contributed by atoms with van der Waals surface area (Å²) in [5, 5.41) is 2.72. The predicted molar refractivity (Wildman–Crippen MR) is 94.6 cm³/mol. The van der Waals surface area contributed by atoms with Gasteiger partial charge >= 0.3 is 5.97 Å². The van der Waals surface area contributed by atoms with Gasteiger partial charge in [0, 0.05) is 17.2 Å². The highest BCUT2D eigenvalue weighted by molar-refractivity contribution is 9.09. The highest BCUT2D eigenvalue weighted by Gasteiger charge is 2.53. The van der Waals surface area contributed by atoms with Gasteiger partial charge in [-0.3, -0.25) is 0 Å². The standard InChI is InChI=1S/C19H21BrO3/c1-18(2,3)17-22-16(21)19(12-20,23-17)11-14-9-6-8-13-7-4-5-10-15(13)14/h4-10,17H,11-12H2,1-3H3/t17-,19+/m1/s1. The van der Waals surface area contributed by atoms with Crippen LogP contribution in [0.25, 0.3) is 10.8 Å². The van der Waals surface area contributed by atoms with Gasteiger partial charge in [0.05, 0.1) is 0 Å². The zero-order valence-corrected chi connectivity index (χ0v) is 15.2. The van der Waals surface area contributed by atoms with Gasteiger partial charge in [0.25, 0.3) is 0 Å². The molecule has 0 spiro atoms. The van der Waals surface area contributed by atoms with Gasteiger partial charge in [0.15, 0.2) is 5.60 Å². The Morgan fingerprint density at radius 3 is 2.48 bits per heavy atom. The Morgan fingerprint density at radius 1 is 1.13 bits per heavy atom. The monoisotopic (exact) mass is 376 g/mol. The van der Waals surface area contributed by atoms with Crippen molar-refractivity contribution in [2.45, 2.75) is 39.1 Å². The largest absolute Gasteiger partial charge is 0.433 e. The van der Waals surface area contributed by atoms with Crippen LogP contribution in [0.5, 0.6) is 0 Å². The molecular formula is C19H21BrO3. The van der Waals surface area contributed by atoms with Crippen LogP contribution in [0, 0.1) is 5.41 Å². The zero-order chi connectivity index (χ0) is 16.7. The molecule has 0 bridgehead atoms. The van der Waals surface area contributed by atoms with Crippen molar-refractivity contribution in [1.29, 1.82) is 0 Å². The molecule has 4 heteroatoms. The summed E-state index contributed by atoms with van der Waals surface area (Å²) >= 11 is 3.46. The van der Waals surface area contributed by atoms with E-state index in [1.165, 1.54) is 0 Å². The van der Waals surface area contributed by atoms with Crippen molar-refractivity contribution in [3.05, 3.63) is 48.0 Å². The quantitative estimate of drug-likeness (QED) is 0.585. The van der Waals surface area contributed by atoms with Gasteiger partial charge in [-0.2, -0.15) is 0 Å². The first-order chi connectivity index (χ1) is 10.9. The molecule has 2 aromatic rings. The van der Waals surface area contributed by atoms with E-state index in [-0.39, 0.29) is 11.4 Å². The highest BCUT2D eigenvalue weighted by atomic mass is 79.9. The Kier molecular flexibility index (Phi) is 4.23. The molecule has 0 aliphatic carbocycles. The van der Waals surface area contributed by atoms with Gasteiger partial charge in [-0.1, -0.05) is 79.2 Å². The second kappa shape index (κ2) is 5.91. The van der Waals surface area contributed by atoms with Gasteiger partial charge in [0.2, 0.25) is 6.29 Å². The number of hydrogen-bond donors (Lipinski definition) is 0. The first kappa shape index (κ1) is 16.5. The molecule has 0 N–H and O–H groups in total. The third-order valence-electron chi connectivity index (χ3n) is 4.20. The molecule has 1 fully saturated rings. The van der Waals surface area contributed by atoms with Crippen LogP contribution in [0.3, 0.4) is 0 Å². The molecule has 1 heterocycles. The Labute approximate surface area is 145 Å². The van der Waals surface area contributed by atoms with E-state index in [2.05, 4.69) is 34.1 Å². The second-order valence-corrected chi connectivity index (χ2v) is 7.72. The number of benzene rings is 2. The number of cyclic esters (lactones) is 1. The Morgan fingerprint density at radius 2 is 1.83 bits per heavy atom. The number of hydrogen-bond acceptors (Lipinski definition) is 3. The second-order valence-electron chi connectivity index (χ2n) is 7.16. The van der Waals surface area contributed by atoms with Crippen molar-refractivity contribution in [3.63, 3.8) is 0 Å². The molecule has 122 valence electrons. The summed E-state index contributed by atoms with van der Waals surface area (Å²) in [7, 11) is 0. The van der Waals surface area contributed by atoms with Crippen LogP contribution in [0.2, 0.25) is 0 Å². The molecule has 23 heavy (non-hydrogen) atoms. The summed E-state index contributed by atoms with van der Waals surface area (Å²) in [6.07, 6.45) is -0.0344. The van der Waals surface area contributed by atoms with E-state index in [4.69, 9.17) is 9.47 Å². The summed E-state index contributed by atoms with van der Waals surface area (Å²) in [5.41, 5.74) is -0.130. The lowest BCUT2D eigenvalue weighted by Crippen LogP contribution is -2.41. The maximum Gasteiger partial charge on any atom is 0.342 e. The van der Waals surface area contributed by atoms with Gasteiger partial charge < -0.3 is 9.47 Å². The number of rotatable bonds is 3. The summed E-state index contributed by atoms with van der Waals surface area (Å²) in [4.78, 5) is 12.5. The number of carbonyl (C=O) groups is 1. The normalized spacial score (nSPS) is 24.9. The van der Waals surface area contributed by atoms with Crippen molar-refractivity contribution in [2.24, 2.45) is 5.41 Å². The Hall–Kier alpha value is -1.39. The fraction of sp³-hybridized carbons (Fsp3) is 0.421. The Balaban J connectivity index is 1.97. The summed E-state index contributed by atoms with van der Waals surface area (Å²) < 4.78 is 11.6. The molecule has 0 radical (unpaired) electrons. The van der Waals surface area contributed by atoms with E-state index in [9.17, 15) is 4.79 Å². The van der Waals surface area contributed by atoms with Crippen LogP contribution < -0.4 is 0 Å². The van der Waals surface area contributed by atoms with Gasteiger partial charge in [-0.25, -0.2) is 4.79 Å². The van der Waals surface area contributed by atoms with E-state index < -0.39 is 11.9 Å². The van der Waals surface area contributed by atoms with Crippen molar-refractivity contribution in [3.8, 4) is 0 Å². The minimum Gasteiger partial charge on any atom is -0.433 e. The fourth-order valence-electron chi connectivity index (χ4n) is 2.84. The van der Waals surface area contributed by atoms with E-state index >= 15 is 0 Å². The van der Waals surface area contributed by atoms with Crippen molar-refractivity contribution in [1.82, 2.24) is 0 Å². The van der Waals surface area contributed by atoms with Crippen LogP contribution in [-0.4, -0.2) is 23.2 Å². The number of carbonyl (C=O) groups excluding carboxylic acids is 1. The van der Waals surface area contributed by atoms with Crippen molar-refractivity contribution < 1.29 is 14.3 Å². The number of ether oxygens (including phenoxy) is 2. The SMILES string of the molecule is CC(C)(C)[C@@H]1OC(=O)[C@@](CBr)(Cc2cccc3ccccc23)O1. The van der Waals surface area contributed by atoms with Crippen molar-refractivity contribution >= 4 is 32.7 Å². The predicted octanol–water partition coefficient (Wildman–Crippen LogP) is 4.46. The molecule has 0 unspecified atom stereocenters. The molecule has 2 atom stereocenters. The molecule has 1 aliphatic rings. The number of halogens is 1. The number of fused-ring (bicyclic) bond motifs is 1. The first-order valence-corrected chi connectivity index (χ1v) is 8.89. The van der Waals surface area contributed by atoms with Crippen molar-refractivity contribution in [2.75, 3.05) is 5.33 Å². The summed E-state index contributed by atoms with van der Waals surface area (Å²) in [6.45, 7) is 6.02. The maximum absolute atomic E-state index is 12.5. The molecule has 3 nitrogen and oxygen atoms in total. The lowest BCUT2D eigenvalue weighted by molar-refractivity contribution is -0.155.